The Labute approximate surface area is 115 Å². The number of nitrogen functional groups attached to an aromatic ring is 1. The van der Waals surface area contributed by atoms with E-state index in [9.17, 15) is 0 Å². The van der Waals surface area contributed by atoms with Crippen LogP contribution in [0, 0.1) is 13.8 Å². The minimum absolute atomic E-state index is 0.442. The quantitative estimate of drug-likeness (QED) is 0.885. The largest absolute Gasteiger partial charge is 0.398 e. The van der Waals surface area contributed by atoms with Gasteiger partial charge in [0.15, 0.2) is 0 Å². The molecule has 1 aromatic heterocycles. The number of fused-ring (bicyclic) bond motifs is 1. The van der Waals surface area contributed by atoms with Crippen LogP contribution in [0.4, 0.5) is 5.69 Å². The second kappa shape index (κ2) is 5.10. The molecule has 0 radical (unpaired) electrons. The predicted octanol–water partition coefficient (Wildman–Crippen LogP) is 2.03. The van der Waals surface area contributed by atoms with Gasteiger partial charge in [-0.15, -0.1) is 0 Å². The van der Waals surface area contributed by atoms with Crippen molar-refractivity contribution in [3.05, 3.63) is 23.0 Å². The van der Waals surface area contributed by atoms with Gasteiger partial charge in [-0.1, -0.05) is 0 Å². The van der Waals surface area contributed by atoms with E-state index >= 15 is 0 Å². The minimum Gasteiger partial charge on any atom is -0.398 e. The van der Waals surface area contributed by atoms with E-state index in [2.05, 4.69) is 16.8 Å². The number of hydrogen-bond donors (Lipinski definition) is 1. The first-order chi connectivity index (χ1) is 9.16. The Morgan fingerprint density at radius 2 is 2.26 bits per heavy atom. The average Bonchev–Trinajstić information content (AvgIpc) is 2.89. The molecule has 1 aromatic rings. The zero-order chi connectivity index (χ0) is 13.4. The van der Waals surface area contributed by atoms with Crippen molar-refractivity contribution in [3.63, 3.8) is 0 Å². The van der Waals surface area contributed by atoms with Crippen LogP contribution < -0.4 is 5.73 Å². The SMILES string of the molecule is Cc1cnc(CN2CCOC3CCCC32)c(C)c1N. The van der Waals surface area contributed by atoms with E-state index in [1.165, 1.54) is 19.3 Å². The van der Waals surface area contributed by atoms with Crippen molar-refractivity contribution >= 4 is 5.69 Å². The fraction of sp³-hybridized carbons (Fsp3) is 0.667. The first-order valence-electron chi connectivity index (χ1n) is 7.23. The van der Waals surface area contributed by atoms with E-state index in [-0.39, 0.29) is 0 Å². The van der Waals surface area contributed by atoms with Crippen LogP contribution in [0.25, 0.3) is 0 Å². The summed E-state index contributed by atoms with van der Waals surface area (Å²) in [5, 5.41) is 0. The fourth-order valence-electron chi connectivity index (χ4n) is 3.35. The molecule has 4 heteroatoms. The molecule has 2 N–H and O–H groups in total. The van der Waals surface area contributed by atoms with Gasteiger partial charge in [0, 0.05) is 31.0 Å². The average molecular weight is 261 g/mol. The zero-order valence-electron chi connectivity index (χ0n) is 11.9. The first kappa shape index (κ1) is 12.9. The number of anilines is 1. The summed E-state index contributed by atoms with van der Waals surface area (Å²) in [7, 11) is 0. The van der Waals surface area contributed by atoms with Crippen molar-refractivity contribution in [2.45, 2.75) is 51.8 Å². The second-order valence-corrected chi connectivity index (χ2v) is 5.80. The van der Waals surface area contributed by atoms with Gasteiger partial charge in [0.25, 0.3) is 0 Å². The third-order valence-electron chi connectivity index (χ3n) is 4.63. The molecule has 0 bridgehead atoms. The molecule has 2 heterocycles. The van der Waals surface area contributed by atoms with Crippen molar-refractivity contribution in [2.75, 3.05) is 18.9 Å². The molecular weight excluding hydrogens is 238 g/mol. The minimum atomic E-state index is 0.442. The number of pyridine rings is 1. The third kappa shape index (κ3) is 2.35. The highest BCUT2D eigenvalue weighted by Crippen LogP contribution is 2.31. The molecule has 1 saturated heterocycles. The molecule has 19 heavy (non-hydrogen) atoms. The van der Waals surface area contributed by atoms with Gasteiger partial charge < -0.3 is 10.5 Å². The van der Waals surface area contributed by atoms with Crippen LogP contribution in [0.1, 0.15) is 36.1 Å². The summed E-state index contributed by atoms with van der Waals surface area (Å²) in [6.07, 6.45) is 6.09. The molecule has 4 nitrogen and oxygen atoms in total. The molecule has 104 valence electrons. The molecule has 1 aliphatic carbocycles. The molecule has 2 unspecified atom stereocenters. The predicted molar refractivity (Wildman–Crippen MR) is 75.9 cm³/mol. The van der Waals surface area contributed by atoms with Crippen LogP contribution in [0.2, 0.25) is 0 Å². The lowest BCUT2D eigenvalue weighted by atomic mass is 10.1. The molecule has 2 atom stereocenters. The molecule has 0 spiro atoms. The molecule has 1 saturated carbocycles. The van der Waals surface area contributed by atoms with Crippen molar-refractivity contribution in [3.8, 4) is 0 Å². The topological polar surface area (TPSA) is 51.4 Å². The van der Waals surface area contributed by atoms with Crippen LogP contribution in [0.15, 0.2) is 6.20 Å². The summed E-state index contributed by atoms with van der Waals surface area (Å²) in [5.41, 5.74) is 10.3. The van der Waals surface area contributed by atoms with Crippen LogP contribution in [0.5, 0.6) is 0 Å². The summed E-state index contributed by atoms with van der Waals surface area (Å²) in [6, 6.07) is 0.581. The van der Waals surface area contributed by atoms with Gasteiger partial charge in [0.05, 0.1) is 18.4 Å². The number of aryl methyl sites for hydroxylation is 1. The van der Waals surface area contributed by atoms with Crippen molar-refractivity contribution in [2.24, 2.45) is 0 Å². The standard InChI is InChI=1S/C15H23N3O/c1-10-8-17-12(11(2)15(10)16)9-18-6-7-19-14-5-3-4-13(14)18/h8,13-14H,3-7,9H2,1-2H3,(H2,16,17). The highest BCUT2D eigenvalue weighted by Gasteiger charge is 2.36. The van der Waals surface area contributed by atoms with Crippen molar-refractivity contribution in [1.29, 1.82) is 0 Å². The fourth-order valence-corrected chi connectivity index (χ4v) is 3.35. The number of nitrogens with zero attached hydrogens (tertiary/aromatic N) is 2. The van der Waals surface area contributed by atoms with E-state index in [1.807, 2.05) is 13.1 Å². The van der Waals surface area contributed by atoms with Gasteiger partial charge in [0.1, 0.15) is 0 Å². The Morgan fingerprint density at radius 3 is 3.11 bits per heavy atom. The third-order valence-corrected chi connectivity index (χ3v) is 4.63. The van der Waals surface area contributed by atoms with Gasteiger partial charge in [-0.3, -0.25) is 9.88 Å². The van der Waals surface area contributed by atoms with Crippen molar-refractivity contribution < 1.29 is 4.74 Å². The van der Waals surface area contributed by atoms with Crippen LogP contribution >= 0.6 is 0 Å². The van der Waals surface area contributed by atoms with Crippen LogP contribution in [-0.4, -0.2) is 35.2 Å². The highest BCUT2D eigenvalue weighted by atomic mass is 16.5. The van der Waals surface area contributed by atoms with Crippen LogP contribution in [-0.2, 0) is 11.3 Å². The van der Waals surface area contributed by atoms with Crippen molar-refractivity contribution in [1.82, 2.24) is 9.88 Å². The summed E-state index contributed by atoms with van der Waals surface area (Å²) in [6.45, 7) is 6.86. The van der Waals surface area contributed by atoms with Gasteiger partial charge in [-0.25, -0.2) is 0 Å². The summed E-state index contributed by atoms with van der Waals surface area (Å²) < 4.78 is 5.86. The number of morpholine rings is 1. The smallest absolute Gasteiger partial charge is 0.0731 e. The first-order valence-corrected chi connectivity index (χ1v) is 7.23. The van der Waals surface area contributed by atoms with Gasteiger partial charge >= 0.3 is 0 Å². The molecule has 3 rings (SSSR count). The molecule has 2 fully saturated rings. The molecular formula is C15H23N3O. The van der Waals surface area contributed by atoms with E-state index < -0.39 is 0 Å². The molecule has 1 aliphatic heterocycles. The lowest BCUT2D eigenvalue weighted by Crippen LogP contribution is -2.48. The maximum atomic E-state index is 6.11. The van der Waals surface area contributed by atoms with Gasteiger partial charge in [-0.2, -0.15) is 0 Å². The van der Waals surface area contributed by atoms with E-state index in [0.717, 1.165) is 42.2 Å². The lowest BCUT2D eigenvalue weighted by Gasteiger charge is -2.37. The number of aromatic nitrogens is 1. The number of nitrogens with two attached hydrogens (primary N) is 1. The van der Waals surface area contributed by atoms with E-state index in [4.69, 9.17) is 10.5 Å². The lowest BCUT2D eigenvalue weighted by molar-refractivity contribution is -0.0592. The van der Waals surface area contributed by atoms with Gasteiger partial charge in [-0.05, 0) is 44.2 Å². The Bertz CT molecular complexity index is 475. The van der Waals surface area contributed by atoms with Gasteiger partial charge in [0.2, 0.25) is 0 Å². The highest BCUT2D eigenvalue weighted by molar-refractivity contribution is 5.53. The maximum absolute atomic E-state index is 6.11. The molecule has 2 aliphatic rings. The Kier molecular flexibility index (Phi) is 3.46. The Hall–Kier alpha value is -1.13. The summed E-state index contributed by atoms with van der Waals surface area (Å²) in [5.74, 6) is 0. The number of rotatable bonds is 2. The molecule has 0 amide bonds. The Morgan fingerprint density at radius 1 is 1.42 bits per heavy atom. The molecule has 0 aromatic carbocycles. The Balaban J connectivity index is 1.79. The maximum Gasteiger partial charge on any atom is 0.0731 e. The normalized spacial score (nSPS) is 27.5. The monoisotopic (exact) mass is 261 g/mol. The van der Waals surface area contributed by atoms with Crippen LogP contribution in [0.3, 0.4) is 0 Å². The van der Waals surface area contributed by atoms with E-state index in [1.54, 1.807) is 0 Å². The second-order valence-electron chi connectivity index (χ2n) is 5.80. The summed E-state index contributed by atoms with van der Waals surface area (Å²) in [4.78, 5) is 7.12. The number of ether oxygens (including phenoxy) is 1. The summed E-state index contributed by atoms with van der Waals surface area (Å²) >= 11 is 0. The zero-order valence-corrected chi connectivity index (χ0v) is 11.9. The number of hydrogen-bond acceptors (Lipinski definition) is 4. The van der Waals surface area contributed by atoms with E-state index in [0.29, 0.717) is 12.1 Å².